The second kappa shape index (κ2) is 7.99. The molecule has 0 radical (unpaired) electrons. The molecule has 1 aliphatic carbocycles. The van der Waals surface area contributed by atoms with Crippen molar-refractivity contribution in [3.63, 3.8) is 0 Å². The molecule has 34 heavy (non-hydrogen) atoms. The number of hydrogen-bond donors (Lipinski definition) is 0. The highest BCUT2D eigenvalue weighted by molar-refractivity contribution is 5.94. The van der Waals surface area contributed by atoms with E-state index in [-0.39, 0.29) is 18.6 Å². The van der Waals surface area contributed by atoms with Crippen molar-refractivity contribution in [1.29, 1.82) is 0 Å². The fourth-order valence-electron chi connectivity index (χ4n) is 4.99. The molecule has 0 atom stereocenters. The molecule has 0 saturated carbocycles. The average molecular weight is 451 g/mol. The molecule has 6 heteroatoms. The first kappa shape index (κ1) is 20.4. The zero-order valence-electron chi connectivity index (χ0n) is 18.4. The molecule has 0 unspecified atom stereocenters. The van der Waals surface area contributed by atoms with E-state index in [4.69, 9.17) is 9.15 Å². The van der Waals surface area contributed by atoms with E-state index >= 15 is 0 Å². The highest BCUT2D eigenvalue weighted by Crippen LogP contribution is 2.29. The topological polar surface area (TPSA) is 78.5 Å². The number of ether oxygens (including phenoxy) is 1. The minimum Gasteiger partial charge on any atom is -0.459 e. The van der Waals surface area contributed by atoms with Gasteiger partial charge in [-0.25, -0.2) is 4.79 Å². The fourth-order valence-corrected chi connectivity index (χ4v) is 4.99. The molecule has 0 bridgehead atoms. The van der Waals surface area contributed by atoms with Gasteiger partial charge in [0.05, 0.1) is 11.0 Å². The maximum atomic E-state index is 12.9. The van der Waals surface area contributed by atoms with Gasteiger partial charge >= 0.3 is 11.6 Å². The van der Waals surface area contributed by atoms with Crippen molar-refractivity contribution >= 4 is 38.7 Å². The van der Waals surface area contributed by atoms with Crippen molar-refractivity contribution in [3.8, 4) is 0 Å². The normalized spacial score (nSPS) is 12.9. The van der Waals surface area contributed by atoms with E-state index in [0.717, 1.165) is 24.6 Å². The molecule has 6 nitrogen and oxygen atoms in total. The van der Waals surface area contributed by atoms with Crippen LogP contribution in [0.15, 0.2) is 80.7 Å². The summed E-state index contributed by atoms with van der Waals surface area (Å²) in [7, 11) is 0. The largest absolute Gasteiger partial charge is 0.459 e. The van der Waals surface area contributed by atoms with E-state index in [1.807, 2.05) is 48.5 Å². The Balaban J connectivity index is 1.34. The summed E-state index contributed by atoms with van der Waals surface area (Å²) in [5, 5.41) is 1.90. The number of benzene rings is 3. The van der Waals surface area contributed by atoms with Crippen LogP contribution in [-0.4, -0.2) is 10.5 Å². The molecule has 1 aliphatic rings. The Morgan fingerprint density at radius 3 is 2.21 bits per heavy atom. The monoisotopic (exact) mass is 451 g/mol. The number of pyridine rings is 1. The first-order valence-corrected chi connectivity index (χ1v) is 11.3. The second-order valence-corrected chi connectivity index (χ2v) is 8.67. The molecule has 2 aromatic heterocycles. The van der Waals surface area contributed by atoms with E-state index in [2.05, 4.69) is 0 Å². The van der Waals surface area contributed by atoms with Gasteiger partial charge in [0, 0.05) is 27.8 Å². The van der Waals surface area contributed by atoms with Gasteiger partial charge in [0.1, 0.15) is 18.7 Å². The van der Waals surface area contributed by atoms with Crippen molar-refractivity contribution in [1.82, 2.24) is 4.57 Å². The number of hydrogen-bond acceptors (Lipinski definition) is 5. The lowest BCUT2D eigenvalue weighted by Crippen LogP contribution is -2.18. The number of carbonyl (C=O) groups excluding carboxylic acids is 1. The van der Waals surface area contributed by atoms with Crippen LogP contribution in [0, 0.1) is 0 Å². The molecule has 168 valence electrons. The lowest BCUT2D eigenvalue weighted by Gasteiger charge is -2.15. The Hall–Kier alpha value is -4.19. The third-order valence-corrected chi connectivity index (χ3v) is 6.60. The Bertz CT molecular complexity index is 1670. The van der Waals surface area contributed by atoms with Gasteiger partial charge in [0.15, 0.2) is 5.43 Å². The van der Waals surface area contributed by atoms with Crippen LogP contribution in [0.4, 0.5) is 0 Å². The number of para-hydroxylation sites is 2. The first-order valence-electron chi connectivity index (χ1n) is 11.3. The third kappa shape index (κ3) is 3.39. The lowest BCUT2D eigenvalue weighted by molar-refractivity contribution is -0.145. The third-order valence-electron chi connectivity index (χ3n) is 6.60. The molecule has 0 spiro atoms. The number of nitrogens with zero attached hydrogens (tertiary/aromatic N) is 1. The fraction of sp³-hybridized carbons (Fsp3) is 0.179. The number of rotatable bonds is 4. The second-order valence-electron chi connectivity index (χ2n) is 8.67. The van der Waals surface area contributed by atoms with Gasteiger partial charge in [0.25, 0.3) is 0 Å². The van der Waals surface area contributed by atoms with Gasteiger partial charge in [-0.2, -0.15) is 0 Å². The standard InChI is InChI=1S/C28H21NO5/c30-26-14-19(22-12-17-6-5-7-18(17)13-25(22)34-26)16-33-27(31)15-29-23-10-3-1-8-20(23)28(32)21-9-2-4-11-24(21)29/h1-4,8-14H,5-7,15-16H2. The smallest absolute Gasteiger partial charge is 0.336 e. The highest BCUT2D eigenvalue weighted by Gasteiger charge is 2.17. The summed E-state index contributed by atoms with van der Waals surface area (Å²) in [6, 6.07) is 19.8. The van der Waals surface area contributed by atoms with Gasteiger partial charge in [-0.3, -0.25) is 9.59 Å². The quantitative estimate of drug-likeness (QED) is 0.229. The zero-order valence-corrected chi connectivity index (χ0v) is 18.4. The molecule has 0 saturated heterocycles. The number of carbonyl (C=O) groups is 1. The Morgan fingerprint density at radius 2 is 1.50 bits per heavy atom. The summed E-state index contributed by atoms with van der Waals surface area (Å²) in [6.45, 7) is -0.0914. The predicted octanol–water partition coefficient (Wildman–Crippen LogP) is 4.49. The molecule has 6 rings (SSSR count). The van der Waals surface area contributed by atoms with Gasteiger partial charge in [-0.15, -0.1) is 0 Å². The first-order chi connectivity index (χ1) is 16.6. The van der Waals surface area contributed by atoms with Gasteiger partial charge < -0.3 is 13.7 Å². The van der Waals surface area contributed by atoms with Crippen molar-refractivity contribution in [2.24, 2.45) is 0 Å². The number of esters is 1. The van der Waals surface area contributed by atoms with Crippen LogP contribution in [0.2, 0.25) is 0 Å². The SMILES string of the molecule is O=C(Cn1c2ccccc2c(=O)c2ccccc21)OCc1cc(=O)oc2cc3c(cc12)CCC3. The van der Waals surface area contributed by atoms with Crippen LogP contribution < -0.4 is 11.1 Å². The van der Waals surface area contributed by atoms with Gasteiger partial charge in [-0.05, 0) is 66.8 Å². The van der Waals surface area contributed by atoms with Gasteiger partial charge in [0.2, 0.25) is 0 Å². The highest BCUT2D eigenvalue weighted by atomic mass is 16.5. The minimum atomic E-state index is -0.464. The van der Waals surface area contributed by atoms with E-state index in [1.54, 1.807) is 16.7 Å². The maximum Gasteiger partial charge on any atom is 0.336 e. The molecule has 2 heterocycles. The van der Waals surface area contributed by atoms with Crippen LogP contribution >= 0.6 is 0 Å². The lowest BCUT2D eigenvalue weighted by atomic mass is 10.0. The predicted molar refractivity (Wildman–Crippen MR) is 130 cm³/mol. The van der Waals surface area contributed by atoms with Gasteiger partial charge in [-0.1, -0.05) is 24.3 Å². The van der Waals surface area contributed by atoms with E-state index in [1.165, 1.54) is 17.2 Å². The zero-order chi connectivity index (χ0) is 23.2. The number of aryl methyl sites for hydroxylation is 2. The van der Waals surface area contributed by atoms with Crippen LogP contribution in [0.1, 0.15) is 23.1 Å². The molecule has 0 amide bonds. The molecule has 0 N–H and O–H groups in total. The van der Waals surface area contributed by atoms with Crippen molar-refractivity contribution < 1.29 is 13.9 Å². The number of aromatic nitrogens is 1. The summed E-state index contributed by atoms with van der Waals surface area (Å²) in [6.07, 6.45) is 3.06. The van der Waals surface area contributed by atoms with Crippen LogP contribution in [-0.2, 0) is 35.5 Å². The molecule has 0 fully saturated rings. The van der Waals surface area contributed by atoms with Crippen molar-refractivity contribution in [2.75, 3.05) is 0 Å². The molecule has 3 aromatic carbocycles. The molecule has 5 aromatic rings. The summed E-state index contributed by atoms with van der Waals surface area (Å²) < 4.78 is 12.8. The summed E-state index contributed by atoms with van der Waals surface area (Å²) in [5.74, 6) is -0.457. The van der Waals surface area contributed by atoms with E-state index in [9.17, 15) is 14.4 Å². The summed E-state index contributed by atoms with van der Waals surface area (Å²) in [4.78, 5) is 38.0. The van der Waals surface area contributed by atoms with E-state index < -0.39 is 11.6 Å². The molecular formula is C28H21NO5. The van der Waals surface area contributed by atoms with Crippen molar-refractivity contribution in [2.45, 2.75) is 32.4 Å². The molecule has 0 aliphatic heterocycles. The molecular weight excluding hydrogens is 430 g/mol. The van der Waals surface area contributed by atoms with Crippen LogP contribution in [0.3, 0.4) is 0 Å². The summed E-state index contributed by atoms with van der Waals surface area (Å²) >= 11 is 0. The van der Waals surface area contributed by atoms with Crippen LogP contribution in [0.25, 0.3) is 32.8 Å². The minimum absolute atomic E-state index is 0.0320. The number of fused-ring (bicyclic) bond motifs is 4. The maximum absolute atomic E-state index is 12.9. The average Bonchev–Trinajstić information content (AvgIpc) is 3.31. The Morgan fingerprint density at radius 1 is 0.853 bits per heavy atom. The van der Waals surface area contributed by atoms with E-state index in [0.29, 0.717) is 33.0 Å². The van der Waals surface area contributed by atoms with Crippen LogP contribution in [0.5, 0.6) is 0 Å². The summed E-state index contributed by atoms with van der Waals surface area (Å²) in [5.41, 5.74) is 4.43. The Labute approximate surface area is 194 Å². The Kier molecular flexibility index (Phi) is 4.80. The van der Waals surface area contributed by atoms with Crippen molar-refractivity contribution in [3.05, 3.63) is 104 Å².